The second-order valence-electron chi connectivity index (χ2n) is 4.59. The lowest BCUT2D eigenvalue weighted by atomic mass is 10.2. The molecule has 2 aromatic carbocycles. The largest absolute Gasteiger partial charge is 0.493 e. The Hall–Kier alpha value is -3.02. The van der Waals surface area contributed by atoms with Crippen molar-refractivity contribution in [3.8, 4) is 11.5 Å². The molecular formula is C17H17NO5. The Morgan fingerprint density at radius 2 is 1.74 bits per heavy atom. The molecule has 0 unspecified atom stereocenters. The fraction of sp³-hybridized carbons (Fsp3) is 0.176. The number of amides is 1. The lowest BCUT2D eigenvalue weighted by molar-refractivity contribution is -0.139. The minimum Gasteiger partial charge on any atom is -0.493 e. The van der Waals surface area contributed by atoms with Crippen molar-refractivity contribution >= 4 is 17.6 Å². The molecule has 0 spiro atoms. The minimum atomic E-state index is -1.05. The van der Waals surface area contributed by atoms with E-state index < -0.39 is 12.6 Å². The van der Waals surface area contributed by atoms with E-state index in [1.165, 1.54) is 0 Å². The number of carboxylic acids is 1. The fourth-order valence-corrected chi connectivity index (χ4v) is 1.91. The SMILES string of the molecule is CCOc1ccccc1C(=O)Nc1ccc(OCC(=O)O)cc1. The molecule has 0 aliphatic carbocycles. The molecule has 120 valence electrons. The lowest BCUT2D eigenvalue weighted by Crippen LogP contribution is -2.13. The van der Waals surface area contributed by atoms with Crippen molar-refractivity contribution in [2.75, 3.05) is 18.5 Å². The van der Waals surface area contributed by atoms with Gasteiger partial charge in [-0.1, -0.05) is 12.1 Å². The van der Waals surface area contributed by atoms with E-state index in [9.17, 15) is 9.59 Å². The molecule has 2 N–H and O–H groups in total. The number of hydrogen-bond acceptors (Lipinski definition) is 4. The van der Waals surface area contributed by atoms with Crippen molar-refractivity contribution in [2.24, 2.45) is 0 Å². The van der Waals surface area contributed by atoms with Gasteiger partial charge in [0.15, 0.2) is 6.61 Å². The van der Waals surface area contributed by atoms with Gasteiger partial charge in [0.25, 0.3) is 5.91 Å². The Morgan fingerprint density at radius 3 is 2.39 bits per heavy atom. The van der Waals surface area contributed by atoms with Crippen LogP contribution < -0.4 is 14.8 Å². The molecular weight excluding hydrogens is 298 g/mol. The van der Waals surface area contributed by atoms with Crippen molar-refractivity contribution in [2.45, 2.75) is 6.92 Å². The van der Waals surface area contributed by atoms with Gasteiger partial charge < -0.3 is 19.9 Å². The number of carbonyl (C=O) groups is 2. The minimum absolute atomic E-state index is 0.284. The third kappa shape index (κ3) is 4.74. The summed E-state index contributed by atoms with van der Waals surface area (Å²) in [5.41, 5.74) is 1.02. The smallest absolute Gasteiger partial charge is 0.341 e. The van der Waals surface area contributed by atoms with Crippen molar-refractivity contribution in [3.05, 3.63) is 54.1 Å². The van der Waals surface area contributed by atoms with Crippen LogP contribution in [0.2, 0.25) is 0 Å². The van der Waals surface area contributed by atoms with Crippen molar-refractivity contribution < 1.29 is 24.2 Å². The van der Waals surface area contributed by atoms with Crippen LogP contribution in [0, 0.1) is 0 Å². The lowest BCUT2D eigenvalue weighted by Gasteiger charge is -2.11. The van der Waals surface area contributed by atoms with E-state index in [0.717, 1.165) is 0 Å². The molecule has 0 saturated heterocycles. The van der Waals surface area contributed by atoms with Crippen LogP contribution in [0.3, 0.4) is 0 Å². The summed E-state index contributed by atoms with van der Waals surface area (Å²) >= 11 is 0. The Morgan fingerprint density at radius 1 is 1.04 bits per heavy atom. The topological polar surface area (TPSA) is 84.9 Å². The number of carboxylic acid groups (broad SMARTS) is 1. The number of anilines is 1. The summed E-state index contributed by atoms with van der Waals surface area (Å²) in [5, 5.41) is 11.3. The molecule has 2 aromatic rings. The molecule has 0 aliphatic heterocycles. The highest BCUT2D eigenvalue weighted by atomic mass is 16.5. The van der Waals surface area contributed by atoms with E-state index >= 15 is 0 Å². The quantitative estimate of drug-likeness (QED) is 0.820. The summed E-state index contributed by atoms with van der Waals surface area (Å²) in [6.45, 7) is 1.91. The Balaban J connectivity index is 2.04. The Labute approximate surface area is 133 Å². The number of ether oxygens (including phenoxy) is 2. The van der Waals surface area contributed by atoms with Crippen molar-refractivity contribution in [3.63, 3.8) is 0 Å². The van der Waals surface area contributed by atoms with Gasteiger partial charge in [0, 0.05) is 5.69 Å². The van der Waals surface area contributed by atoms with Crippen molar-refractivity contribution in [1.29, 1.82) is 0 Å². The van der Waals surface area contributed by atoms with Gasteiger partial charge in [0.05, 0.1) is 12.2 Å². The average Bonchev–Trinajstić information content (AvgIpc) is 2.55. The number of para-hydroxylation sites is 1. The summed E-state index contributed by atoms with van der Waals surface area (Å²) in [6.07, 6.45) is 0. The first-order chi connectivity index (χ1) is 11.1. The van der Waals surface area contributed by atoms with Gasteiger partial charge in [-0.25, -0.2) is 4.79 Å². The molecule has 6 nitrogen and oxygen atoms in total. The molecule has 0 heterocycles. The summed E-state index contributed by atoms with van der Waals surface area (Å²) in [6, 6.07) is 13.4. The second kappa shape index (κ2) is 7.84. The number of carbonyl (C=O) groups excluding carboxylic acids is 1. The van der Waals surface area contributed by atoms with Crippen LogP contribution in [-0.4, -0.2) is 30.2 Å². The number of rotatable bonds is 7. The van der Waals surface area contributed by atoms with E-state index in [4.69, 9.17) is 14.6 Å². The molecule has 0 aliphatic rings. The van der Waals surface area contributed by atoms with Gasteiger partial charge in [-0.2, -0.15) is 0 Å². The first-order valence-corrected chi connectivity index (χ1v) is 7.08. The van der Waals surface area contributed by atoms with Gasteiger partial charge in [-0.05, 0) is 43.3 Å². The third-order valence-electron chi connectivity index (χ3n) is 2.91. The third-order valence-corrected chi connectivity index (χ3v) is 2.91. The predicted octanol–water partition coefficient (Wildman–Crippen LogP) is 2.80. The molecule has 2 rings (SSSR count). The maximum atomic E-state index is 12.3. The van der Waals surface area contributed by atoms with Gasteiger partial charge in [0.1, 0.15) is 11.5 Å². The molecule has 0 aromatic heterocycles. The van der Waals surface area contributed by atoms with E-state index in [-0.39, 0.29) is 5.91 Å². The standard InChI is InChI=1S/C17H17NO5/c1-2-22-15-6-4-3-5-14(15)17(21)18-12-7-9-13(10-8-12)23-11-16(19)20/h3-10H,2,11H2,1H3,(H,18,21)(H,19,20). The van der Waals surface area contributed by atoms with Gasteiger partial charge in [-0.15, -0.1) is 0 Å². The Bertz CT molecular complexity index is 682. The van der Waals surface area contributed by atoms with Gasteiger partial charge in [0.2, 0.25) is 0 Å². The number of aliphatic carboxylic acids is 1. The first-order valence-electron chi connectivity index (χ1n) is 7.08. The monoisotopic (exact) mass is 315 g/mol. The number of nitrogens with one attached hydrogen (secondary N) is 1. The van der Waals surface area contributed by atoms with Crippen LogP contribution >= 0.6 is 0 Å². The predicted molar refractivity (Wildman–Crippen MR) is 85.1 cm³/mol. The van der Waals surface area contributed by atoms with Gasteiger partial charge >= 0.3 is 5.97 Å². The zero-order chi connectivity index (χ0) is 16.7. The summed E-state index contributed by atoms with van der Waals surface area (Å²) in [5.74, 6) is -0.391. The molecule has 0 fully saturated rings. The molecule has 1 amide bonds. The average molecular weight is 315 g/mol. The van der Waals surface area contributed by atoms with Crippen LogP contribution in [0.1, 0.15) is 17.3 Å². The van der Waals surface area contributed by atoms with Gasteiger partial charge in [-0.3, -0.25) is 4.79 Å². The van der Waals surface area contributed by atoms with Crippen molar-refractivity contribution in [1.82, 2.24) is 0 Å². The molecule has 23 heavy (non-hydrogen) atoms. The number of hydrogen-bond donors (Lipinski definition) is 2. The van der Waals surface area contributed by atoms with Crippen LogP contribution in [-0.2, 0) is 4.79 Å². The highest BCUT2D eigenvalue weighted by Gasteiger charge is 2.12. The van der Waals surface area contributed by atoms with E-state index in [2.05, 4.69) is 5.32 Å². The fourth-order valence-electron chi connectivity index (χ4n) is 1.91. The van der Waals surface area contributed by atoms with Crippen LogP contribution in [0.15, 0.2) is 48.5 Å². The molecule has 0 radical (unpaired) electrons. The highest BCUT2D eigenvalue weighted by molar-refractivity contribution is 6.06. The summed E-state index contributed by atoms with van der Waals surface area (Å²) in [4.78, 5) is 22.7. The van der Waals surface area contributed by atoms with E-state index in [0.29, 0.717) is 29.4 Å². The zero-order valence-corrected chi connectivity index (χ0v) is 12.6. The normalized spacial score (nSPS) is 9.96. The van der Waals surface area contributed by atoms with E-state index in [1.54, 1.807) is 48.5 Å². The molecule has 0 saturated carbocycles. The maximum Gasteiger partial charge on any atom is 0.341 e. The summed E-state index contributed by atoms with van der Waals surface area (Å²) < 4.78 is 10.5. The Kier molecular flexibility index (Phi) is 5.57. The maximum absolute atomic E-state index is 12.3. The molecule has 0 atom stereocenters. The van der Waals surface area contributed by atoms with Crippen LogP contribution in [0.4, 0.5) is 5.69 Å². The molecule has 0 bridgehead atoms. The second-order valence-corrected chi connectivity index (χ2v) is 4.59. The van der Waals surface area contributed by atoms with E-state index in [1.807, 2.05) is 6.92 Å². The molecule has 6 heteroatoms. The summed E-state index contributed by atoms with van der Waals surface area (Å²) in [7, 11) is 0. The first kappa shape index (κ1) is 16.4. The van der Waals surface area contributed by atoms with Crippen LogP contribution in [0.5, 0.6) is 11.5 Å². The number of benzene rings is 2. The highest BCUT2D eigenvalue weighted by Crippen LogP contribution is 2.21. The van der Waals surface area contributed by atoms with Crippen LogP contribution in [0.25, 0.3) is 0 Å². The zero-order valence-electron chi connectivity index (χ0n) is 12.6.